The molecular formula is C23H29NOS. The molecule has 2 aromatic rings. The van der Waals surface area contributed by atoms with E-state index in [0.717, 1.165) is 5.75 Å². The highest BCUT2D eigenvalue weighted by Crippen LogP contribution is 2.25. The van der Waals surface area contributed by atoms with E-state index in [1.807, 2.05) is 0 Å². The van der Waals surface area contributed by atoms with E-state index in [-0.39, 0.29) is 11.9 Å². The fraction of sp³-hybridized carbons (Fsp3) is 0.435. The third-order valence-corrected chi connectivity index (χ3v) is 6.04. The summed E-state index contributed by atoms with van der Waals surface area (Å²) in [5.41, 5.74) is 8.04. The Balaban J connectivity index is 1.49. The fourth-order valence-corrected chi connectivity index (χ4v) is 4.58. The number of nitrogens with one attached hydrogen (secondary N) is 1. The van der Waals surface area contributed by atoms with Gasteiger partial charge < -0.3 is 5.32 Å². The van der Waals surface area contributed by atoms with Crippen molar-refractivity contribution in [3.8, 4) is 0 Å². The summed E-state index contributed by atoms with van der Waals surface area (Å²) in [4.78, 5) is 12.3. The van der Waals surface area contributed by atoms with Crippen LogP contribution in [0.5, 0.6) is 0 Å². The van der Waals surface area contributed by atoms with E-state index in [9.17, 15) is 4.79 Å². The number of rotatable bonds is 6. The Hall–Kier alpha value is -1.74. The molecule has 0 unspecified atom stereocenters. The quantitative estimate of drug-likeness (QED) is 0.751. The average Bonchev–Trinajstić information content (AvgIpc) is 2.60. The number of amides is 1. The maximum absolute atomic E-state index is 12.3. The summed E-state index contributed by atoms with van der Waals surface area (Å²) in [6.07, 6.45) is 4.96. The van der Waals surface area contributed by atoms with Gasteiger partial charge in [-0.05, 0) is 68.7 Å². The van der Waals surface area contributed by atoms with Gasteiger partial charge in [0.2, 0.25) is 5.91 Å². The van der Waals surface area contributed by atoms with Crippen LogP contribution >= 0.6 is 11.8 Å². The first kappa shape index (κ1) is 19.0. The van der Waals surface area contributed by atoms with Crippen molar-refractivity contribution in [3.05, 3.63) is 69.8 Å². The zero-order chi connectivity index (χ0) is 18.5. The normalized spacial score (nSPS) is 14.6. The van der Waals surface area contributed by atoms with Crippen LogP contribution in [0.25, 0.3) is 0 Å². The largest absolute Gasteiger partial charge is 0.349 e. The Kier molecular flexibility index (Phi) is 6.42. The molecule has 0 aliphatic heterocycles. The molecule has 138 valence electrons. The molecule has 1 amide bonds. The second-order valence-electron chi connectivity index (χ2n) is 7.51. The lowest BCUT2D eigenvalue weighted by Crippen LogP contribution is -2.28. The van der Waals surface area contributed by atoms with Gasteiger partial charge in [0, 0.05) is 5.75 Å². The molecule has 1 aliphatic rings. The molecule has 1 N–H and O–H groups in total. The van der Waals surface area contributed by atoms with Gasteiger partial charge in [-0.2, -0.15) is 0 Å². The molecule has 0 heterocycles. The van der Waals surface area contributed by atoms with Crippen molar-refractivity contribution < 1.29 is 4.79 Å². The lowest BCUT2D eigenvalue weighted by Gasteiger charge is -2.20. The number of thioether (sulfide) groups is 1. The maximum Gasteiger partial charge on any atom is 0.230 e. The first-order valence-corrected chi connectivity index (χ1v) is 10.7. The summed E-state index contributed by atoms with van der Waals surface area (Å²) in [6.45, 7) is 6.32. The number of hydrogen-bond donors (Lipinski definition) is 1. The highest BCUT2D eigenvalue weighted by Gasteiger charge is 2.14. The number of carbonyl (C=O) groups is 1. The van der Waals surface area contributed by atoms with Gasteiger partial charge in [-0.25, -0.2) is 0 Å². The van der Waals surface area contributed by atoms with Crippen LogP contribution in [0.3, 0.4) is 0 Å². The molecule has 2 aromatic carbocycles. The molecule has 3 rings (SSSR count). The number of fused-ring (bicyclic) bond motifs is 1. The van der Waals surface area contributed by atoms with Gasteiger partial charge in [0.15, 0.2) is 0 Å². The van der Waals surface area contributed by atoms with Crippen molar-refractivity contribution in [2.24, 2.45) is 0 Å². The fourth-order valence-electron chi connectivity index (χ4n) is 3.80. The van der Waals surface area contributed by atoms with Crippen LogP contribution in [0, 0.1) is 13.8 Å². The second kappa shape index (κ2) is 8.77. The minimum atomic E-state index is 0.0662. The highest BCUT2D eigenvalue weighted by atomic mass is 32.2. The van der Waals surface area contributed by atoms with E-state index in [0.29, 0.717) is 5.75 Å². The van der Waals surface area contributed by atoms with Crippen molar-refractivity contribution in [2.45, 2.75) is 58.2 Å². The Labute approximate surface area is 161 Å². The van der Waals surface area contributed by atoms with E-state index < -0.39 is 0 Å². The Morgan fingerprint density at radius 3 is 2.46 bits per heavy atom. The van der Waals surface area contributed by atoms with Crippen molar-refractivity contribution in [1.82, 2.24) is 5.32 Å². The van der Waals surface area contributed by atoms with Gasteiger partial charge >= 0.3 is 0 Å². The molecule has 2 nitrogen and oxygen atoms in total. The SMILES string of the molecule is Cc1cc(C)cc(CSCC(=O)N[C@@H](C)c2ccc3c(c2)CCCC3)c1. The van der Waals surface area contributed by atoms with Gasteiger partial charge in [0.05, 0.1) is 11.8 Å². The molecule has 0 spiro atoms. The molecule has 0 radical (unpaired) electrons. The second-order valence-corrected chi connectivity index (χ2v) is 8.50. The van der Waals surface area contributed by atoms with Crippen LogP contribution in [0.4, 0.5) is 0 Å². The van der Waals surface area contributed by atoms with Crippen LogP contribution in [0.15, 0.2) is 36.4 Å². The smallest absolute Gasteiger partial charge is 0.230 e. The summed E-state index contributed by atoms with van der Waals surface area (Å²) in [7, 11) is 0. The lowest BCUT2D eigenvalue weighted by molar-refractivity contribution is -0.119. The number of hydrogen-bond acceptors (Lipinski definition) is 2. The van der Waals surface area contributed by atoms with Crippen LogP contribution in [0.1, 0.15) is 59.2 Å². The van der Waals surface area contributed by atoms with Gasteiger partial charge in [0.1, 0.15) is 0 Å². The highest BCUT2D eigenvalue weighted by molar-refractivity contribution is 7.99. The summed E-state index contributed by atoms with van der Waals surface area (Å²) in [5.74, 6) is 1.50. The van der Waals surface area contributed by atoms with Crippen molar-refractivity contribution in [2.75, 3.05) is 5.75 Å². The summed E-state index contributed by atoms with van der Waals surface area (Å²) in [5, 5.41) is 3.15. The van der Waals surface area contributed by atoms with Gasteiger partial charge in [-0.3, -0.25) is 4.79 Å². The van der Waals surface area contributed by atoms with Gasteiger partial charge in [-0.15, -0.1) is 11.8 Å². The van der Waals surface area contributed by atoms with Crippen LogP contribution < -0.4 is 5.32 Å². The lowest BCUT2D eigenvalue weighted by atomic mass is 9.89. The number of benzene rings is 2. The molecule has 3 heteroatoms. The van der Waals surface area contributed by atoms with Crippen LogP contribution in [-0.4, -0.2) is 11.7 Å². The molecule has 0 fully saturated rings. The standard InChI is InChI=1S/C23H29NOS/c1-16-10-17(2)12-19(11-16)14-26-15-23(25)24-18(3)21-9-8-20-6-4-5-7-22(20)13-21/h8-13,18H,4-7,14-15H2,1-3H3,(H,24,25)/t18-/m0/s1. The van der Waals surface area contributed by atoms with E-state index in [2.05, 4.69) is 62.5 Å². The van der Waals surface area contributed by atoms with Gasteiger partial charge in [-0.1, -0.05) is 47.5 Å². The van der Waals surface area contributed by atoms with Crippen molar-refractivity contribution in [1.29, 1.82) is 0 Å². The Morgan fingerprint density at radius 2 is 1.73 bits per heavy atom. The zero-order valence-corrected chi connectivity index (χ0v) is 16.9. The first-order chi connectivity index (χ1) is 12.5. The first-order valence-electron chi connectivity index (χ1n) is 9.57. The van der Waals surface area contributed by atoms with E-state index in [1.54, 1.807) is 11.8 Å². The average molecular weight is 368 g/mol. The monoisotopic (exact) mass is 367 g/mol. The predicted octanol–water partition coefficient (Wildman–Crippen LogP) is 5.29. The summed E-state index contributed by atoms with van der Waals surface area (Å²) < 4.78 is 0. The zero-order valence-electron chi connectivity index (χ0n) is 16.1. The van der Waals surface area contributed by atoms with E-state index >= 15 is 0 Å². The topological polar surface area (TPSA) is 29.1 Å². The summed E-state index contributed by atoms with van der Waals surface area (Å²) in [6, 6.07) is 13.4. The molecule has 0 saturated carbocycles. The molecule has 1 atom stereocenters. The molecule has 1 aliphatic carbocycles. The minimum absolute atomic E-state index is 0.0662. The third kappa shape index (κ3) is 5.14. The van der Waals surface area contributed by atoms with Crippen molar-refractivity contribution in [3.63, 3.8) is 0 Å². The molecule has 0 saturated heterocycles. The van der Waals surface area contributed by atoms with Crippen LogP contribution in [0.2, 0.25) is 0 Å². The van der Waals surface area contributed by atoms with Gasteiger partial charge in [0.25, 0.3) is 0 Å². The van der Waals surface area contributed by atoms with Crippen LogP contribution in [-0.2, 0) is 23.4 Å². The molecular weight excluding hydrogens is 338 g/mol. The van der Waals surface area contributed by atoms with Crippen molar-refractivity contribution >= 4 is 17.7 Å². The molecule has 0 bridgehead atoms. The molecule has 26 heavy (non-hydrogen) atoms. The summed E-state index contributed by atoms with van der Waals surface area (Å²) >= 11 is 1.68. The maximum atomic E-state index is 12.3. The Morgan fingerprint density at radius 1 is 1.04 bits per heavy atom. The predicted molar refractivity (Wildman–Crippen MR) is 112 cm³/mol. The number of aryl methyl sites for hydroxylation is 4. The van der Waals surface area contributed by atoms with E-state index in [4.69, 9.17) is 0 Å². The third-order valence-electron chi connectivity index (χ3n) is 5.03. The minimum Gasteiger partial charge on any atom is -0.349 e. The van der Waals surface area contributed by atoms with E-state index in [1.165, 1.54) is 59.1 Å². The molecule has 0 aromatic heterocycles. The number of carbonyl (C=O) groups excluding carboxylic acids is 1. The Bertz CT molecular complexity index is 764.